The molecule has 1 aromatic rings. The highest BCUT2D eigenvalue weighted by molar-refractivity contribution is 6.42. The third-order valence-corrected chi connectivity index (χ3v) is 2.90. The van der Waals surface area contributed by atoms with Crippen LogP contribution in [0, 0.1) is 6.92 Å². The molecule has 0 N–H and O–H groups in total. The Kier molecular flexibility index (Phi) is 4.89. The summed E-state index contributed by atoms with van der Waals surface area (Å²) in [6, 6.07) is 5.01. The van der Waals surface area contributed by atoms with E-state index in [-0.39, 0.29) is 0 Å². The van der Waals surface area contributed by atoms with Crippen molar-refractivity contribution >= 4 is 11.7 Å². The summed E-state index contributed by atoms with van der Waals surface area (Å²) in [5, 5.41) is 0. The Bertz CT molecular complexity index is 450. The van der Waals surface area contributed by atoms with E-state index in [0.29, 0.717) is 24.4 Å². The number of aryl methyl sites for hydroxylation is 1. The summed E-state index contributed by atoms with van der Waals surface area (Å²) in [6.45, 7) is 6.63. The van der Waals surface area contributed by atoms with Crippen molar-refractivity contribution in [1.82, 2.24) is 4.90 Å². The average Bonchev–Trinajstić information content (AvgIpc) is 2.39. The Hall–Kier alpha value is -1.84. The molecule has 4 nitrogen and oxygen atoms in total. The van der Waals surface area contributed by atoms with E-state index < -0.39 is 11.7 Å². The largest absolute Gasteiger partial charge is 0.496 e. The maximum Gasteiger partial charge on any atom is 0.294 e. The Labute approximate surface area is 108 Å². The van der Waals surface area contributed by atoms with E-state index in [9.17, 15) is 9.59 Å². The molecule has 0 aliphatic carbocycles. The van der Waals surface area contributed by atoms with Crippen molar-refractivity contribution < 1.29 is 14.3 Å². The monoisotopic (exact) mass is 249 g/mol. The van der Waals surface area contributed by atoms with Gasteiger partial charge in [0.25, 0.3) is 5.91 Å². The molecule has 1 rings (SSSR count). The van der Waals surface area contributed by atoms with E-state index >= 15 is 0 Å². The molecule has 0 aromatic heterocycles. The number of likely N-dealkylation sites (N-methyl/N-ethyl adjacent to an activating group) is 1. The van der Waals surface area contributed by atoms with E-state index in [0.717, 1.165) is 5.56 Å². The molecule has 0 atom stereocenters. The summed E-state index contributed by atoms with van der Waals surface area (Å²) < 4.78 is 5.12. The number of amides is 1. The van der Waals surface area contributed by atoms with Gasteiger partial charge < -0.3 is 9.64 Å². The van der Waals surface area contributed by atoms with Crippen LogP contribution in [0.4, 0.5) is 0 Å². The van der Waals surface area contributed by atoms with E-state index in [2.05, 4.69) is 0 Å². The van der Waals surface area contributed by atoms with Crippen molar-refractivity contribution in [2.45, 2.75) is 20.8 Å². The highest BCUT2D eigenvalue weighted by Crippen LogP contribution is 2.19. The number of Topliss-reactive ketones (excluding diaryl/α,β-unsaturated/α-hetero) is 1. The maximum atomic E-state index is 12.0. The predicted molar refractivity (Wildman–Crippen MR) is 70.0 cm³/mol. The first-order valence-corrected chi connectivity index (χ1v) is 6.03. The number of ketones is 1. The van der Waals surface area contributed by atoms with Crippen LogP contribution in [-0.2, 0) is 4.79 Å². The molecule has 0 saturated heterocycles. The number of nitrogens with zero attached hydrogens (tertiary/aromatic N) is 1. The number of hydrogen-bond donors (Lipinski definition) is 0. The molecule has 4 heteroatoms. The van der Waals surface area contributed by atoms with Gasteiger partial charge in [0.1, 0.15) is 5.75 Å². The van der Waals surface area contributed by atoms with E-state index in [1.165, 1.54) is 4.90 Å². The first-order valence-electron chi connectivity index (χ1n) is 6.03. The molecular weight excluding hydrogens is 230 g/mol. The smallest absolute Gasteiger partial charge is 0.294 e. The zero-order valence-corrected chi connectivity index (χ0v) is 11.3. The van der Waals surface area contributed by atoms with E-state index in [1.54, 1.807) is 25.3 Å². The lowest BCUT2D eigenvalue weighted by atomic mass is 10.1. The molecule has 0 heterocycles. The maximum absolute atomic E-state index is 12.0. The van der Waals surface area contributed by atoms with Crippen molar-refractivity contribution in [2.24, 2.45) is 0 Å². The van der Waals surface area contributed by atoms with Crippen molar-refractivity contribution in [1.29, 1.82) is 0 Å². The second-order valence-electron chi connectivity index (χ2n) is 3.99. The molecule has 18 heavy (non-hydrogen) atoms. The third-order valence-electron chi connectivity index (χ3n) is 2.90. The lowest BCUT2D eigenvalue weighted by molar-refractivity contribution is -0.126. The standard InChI is InChI=1S/C14H19NO3/c1-5-15(6-2)14(17)13(16)11-7-8-12(18-4)10(3)9-11/h7-9H,5-6H2,1-4H3. The summed E-state index contributed by atoms with van der Waals surface area (Å²) in [5.41, 5.74) is 1.25. The van der Waals surface area contributed by atoms with Crippen molar-refractivity contribution in [3.63, 3.8) is 0 Å². The van der Waals surface area contributed by atoms with Gasteiger partial charge in [-0.25, -0.2) is 0 Å². The molecule has 0 unspecified atom stereocenters. The predicted octanol–water partition coefficient (Wildman–Crippen LogP) is 2.05. The fourth-order valence-corrected chi connectivity index (χ4v) is 1.80. The van der Waals surface area contributed by atoms with Crippen LogP contribution < -0.4 is 4.74 Å². The van der Waals surface area contributed by atoms with Gasteiger partial charge in [0.15, 0.2) is 0 Å². The highest BCUT2D eigenvalue weighted by Gasteiger charge is 2.21. The van der Waals surface area contributed by atoms with E-state index in [4.69, 9.17) is 4.74 Å². The Morgan fingerprint density at radius 3 is 2.28 bits per heavy atom. The lowest BCUT2D eigenvalue weighted by Crippen LogP contribution is -2.36. The van der Waals surface area contributed by atoms with Crippen LogP contribution in [0.2, 0.25) is 0 Å². The second kappa shape index (κ2) is 6.19. The number of benzene rings is 1. The molecule has 0 bridgehead atoms. The minimum absolute atomic E-state index is 0.408. The second-order valence-corrected chi connectivity index (χ2v) is 3.99. The van der Waals surface area contributed by atoms with Gasteiger partial charge in [0, 0.05) is 18.7 Å². The fraction of sp³-hybridized carbons (Fsp3) is 0.429. The first-order chi connectivity index (χ1) is 8.54. The van der Waals surface area contributed by atoms with Gasteiger partial charge in [-0.3, -0.25) is 9.59 Å². The van der Waals surface area contributed by atoms with Crippen LogP contribution in [0.15, 0.2) is 18.2 Å². The molecule has 0 saturated carbocycles. The molecule has 0 fully saturated rings. The first kappa shape index (κ1) is 14.2. The lowest BCUT2D eigenvalue weighted by Gasteiger charge is -2.17. The quantitative estimate of drug-likeness (QED) is 0.592. The summed E-state index contributed by atoms with van der Waals surface area (Å²) in [6.07, 6.45) is 0. The van der Waals surface area contributed by atoms with Crippen LogP contribution in [0.3, 0.4) is 0 Å². The number of rotatable bonds is 5. The van der Waals surface area contributed by atoms with E-state index in [1.807, 2.05) is 20.8 Å². The summed E-state index contributed by atoms with van der Waals surface area (Å²) >= 11 is 0. The minimum atomic E-state index is -0.468. The molecule has 1 amide bonds. The van der Waals surface area contributed by atoms with Crippen LogP contribution >= 0.6 is 0 Å². The van der Waals surface area contributed by atoms with Crippen LogP contribution in [0.5, 0.6) is 5.75 Å². The summed E-state index contributed by atoms with van der Waals surface area (Å²) in [4.78, 5) is 25.5. The number of ether oxygens (including phenoxy) is 1. The number of carbonyl (C=O) groups excluding carboxylic acids is 2. The normalized spacial score (nSPS) is 10.0. The number of hydrogen-bond acceptors (Lipinski definition) is 3. The van der Waals surface area contributed by atoms with Gasteiger partial charge in [-0.2, -0.15) is 0 Å². The van der Waals surface area contributed by atoms with Gasteiger partial charge in [0.2, 0.25) is 5.78 Å². The zero-order chi connectivity index (χ0) is 13.7. The van der Waals surface area contributed by atoms with Gasteiger partial charge in [0.05, 0.1) is 7.11 Å². The zero-order valence-electron chi connectivity index (χ0n) is 11.3. The van der Waals surface area contributed by atoms with Crippen LogP contribution in [0.25, 0.3) is 0 Å². The molecule has 0 radical (unpaired) electrons. The van der Waals surface area contributed by atoms with Crippen molar-refractivity contribution in [3.8, 4) is 5.75 Å². The topological polar surface area (TPSA) is 46.6 Å². The van der Waals surface area contributed by atoms with Crippen molar-refractivity contribution in [3.05, 3.63) is 29.3 Å². The Morgan fingerprint density at radius 2 is 1.83 bits per heavy atom. The molecule has 0 spiro atoms. The van der Waals surface area contributed by atoms with Crippen molar-refractivity contribution in [2.75, 3.05) is 20.2 Å². The molecule has 1 aromatic carbocycles. The molecule has 0 aliphatic heterocycles. The average molecular weight is 249 g/mol. The highest BCUT2D eigenvalue weighted by atomic mass is 16.5. The molecular formula is C14H19NO3. The van der Waals surface area contributed by atoms with Crippen LogP contribution in [0.1, 0.15) is 29.8 Å². The minimum Gasteiger partial charge on any atom is -0.496 e. The van der Waals surface area contributed by atoms with Gasteiger partial charge in [-0.05, 0) is 44.5 Å². The Morgan fingerprint density at radius 1 is 1.22 bits per heavy atom. The molecule has 98 valence electrons. The van der Waals surface area contributed by atoms with Gasteiger partial charge >= 0.3 is 0 Å². The Balaban J connectivity index is 2.97. The fourth-order valence-electron chi connectivity index (χ4n) is 1.80. The number of methoxy groups -OCH3 is 1. The SMILES string of the molecule is CCN(CC)C(=O)C(=O)c1ccc(OC)c(C)c1. The number of carbonyl (C=O) groups is 2. The summed E-state index contributed by atoms with van der Waals surface area (Å²) in [7, 11) is 1.57. The van der Waals surface area contributed by atoms with Gasteiger partial charge in [-0.1, -0.05) is 0 Å². The van der Waals surface area contributed by atoms with Gasteiger partial charge in [-0.15, -0.1) is 0 Å². The molecule has 0 aliphatic rings. The summed E-state index contributed by atoms with van der Waals surface area (Å²) in [5.74, 6) is -0.212. The van der Waals surface area contributed by atoms with Crippen LogP contribution in [-0.4, -0.2) is 36.8 Å². The third kappa shape index (κ3) is 2.88.